The molecule has 2 atom stereocenters. The molecule has 3 rings (SSSR count). The molecule has 0 spiro atoms. The number of fused-ring (bicyclic) bond motifs is 2. The molecule has 2 bridgehead atoms. The van der Waals surface area contributed by atoms with Crippen LogP contribution in [-0.2, 0) is 4.74 Å². The number of likely N-dealkylation sites (tertiary alicyclic amines) is 1. The average Bonchev–Trinajstić information content (AvgIpc) is 3.02. The van der Waals surface area contributed by atoms with Crippen LogP contribution in [0.3, 0.4) is 0 Å². The Morgan fingerprint density at radius 2 is 2.16 bits per heavy atom. The summed E-state index contributed by atoms with van der Waals surface area (Å²) in [6, 6.07) is 3.64. The van der Waals surface area contributed by atoms with Crippen molar-refractivity contribution >= 4 is 17.2 Å². The summed E-state index contributed by atoms with van der Waals surface area (Å²) in [5.41, 5.74) is 0. The molecule has 3 heterocycles. The second kappa shape index (κ2) is 5.33. The maximum Gasteiger partial charge on any atom is 0.264 e. The number of aliphatic hydroxyl groups excluding tert-OH is 1. The van der Waals surface area contributed by atoms with Crippen molar-refractivity contribution in [2.45, 2.75) is 25.0 Å². The Labute approximate surface area is 116 Å². The van der Waals surface area contributed by atoms with Gasteiger partial charge in [-0.25, -0.2) is 0 Å². The number of hydrogen-bond acceptors (Lipinski definition) is 4. The number of carbonyl (C=O) groups excluding carboxylic acids is 1. The van der Waals surface area contributed by atoms with Crippen molar-refractivity contribution in [3.63, 3.8) is 0 Å². The van der Waals surface area contributed by atoms with E-state index in [1.54, 1.807) is 0 Å². The fourth-order valence-corrected chi connectivity index (χ4v) is 3.43. The molecule has 0 aliphatic carbocycles. The summed E-state index contributed by atoms with van der Waals surface area (Å²) in [6.45, 7) is 1.24. The molecule has 2 fully saturated rings. The van der Waals surface area contributed by atoms with Crippen LogP contribution in [-0.4, -0.2) is 47.8 Å². The fourth-order valence-electron chi connectivity index (χ4n) is 2.58. The number of nitrogens with zero attached hydrogens (tertiary/aromatic N) is 1. The molecule has 5 heteroatoms. The van der Waals surface area contributed by atoms with E-state index in [9.17, 15) is 4.79 Å². The molecule has 1 aromatic rings. The van der Waals surface area contributed by atoms with Crippen LogP contribution in [0.2, 0.25) is 0 Å². The maximum absolute atomic E-state index is 12.4. The number of carbonyl (C=O) groups is 1. The van der Waals surface area contributed by atoms with Crippen LogP contribution in [0.4, 0.5) is 0 Å². The zero-order chi connectivity index (χ0) is 13.2. The summed E-state index contributed by atoms with van der Waals surface area (Å²) in [7, 11) is 0. The number of amides is 1. The van der Waals surface area contributed by atoms with E-state index in [1.165, 1.54) is 11.3 Å². The molecule has 1 N–H and O–H groups in total. The lowest BCUT2D eigenvalue weighted by Gasteiger charge is -2.31. The van der Waals surface area contributed by atoms with Crippen molar-refractivity contribution in [3.8, 4) is 11.8 Å². The first-order chi connectivity index (χ1) is 9.26. The van der Waals surface area contributed by atoms with E-state index < -0.39 is 0 Å². The fraction of sp³-hybridized carbons (Fsp3) is 0.500. The maximum atomic E-state index is 12.4. The van der Waals surface area contributed by atoms with Gasteiger partial charge in [-0.3, -0.25) is 4.79 Å². The number of hydrogen-bond donors (Lipinski definition) is 1. The predicted molar refractivity (Wildman–Crippen MR) is 72.1 cm³/mol. The van der Waals surface area contributed by atoms with E-state index in [1.807, 2.05) is 17.0 Å². The van der Waals surface area contributed by atoms with Crippen LogP contribution >= 0.6 is 11.3 Å². The van der Waals surface area contributed by atoms with Gasteiger partial charge in [-0.05, 0) is 25.0 Å². The SMILES string of the molecule is O=C(c1ccc(C#CCO)s1)N1CC2CCC(C1)O2. The summed E-state index contributed by atoms with van der Waals surface area (Å²) >= 11 is 1.38. The highest BCUT2D eigenvalue weighted by atomic mass is 32.1. The van der Waals surface area contributed by atoms with E-state index in [0.717, 1.165) is 17.7 Å². The topological polar surface area (TPSA) is 49.8 Å². The van der Waals surface area contributed by atoms with E-state index >= 15 is 0 Å². The molecule has 0 aromatic carbocycles. The van der Waals surface area contributed by atoms with Gasteiger partial charge in [0.1, 0.15) is 6.61 Å². The molecular weight excluding hydrogens is 262 g/mol. The highest BCUT2D eigenvalue weighted by Crippen LogP contribution is 2.28. The van der Waals surface area contributed by atoms with Gasteiger partial charge < -0.3 is 14.7 Å². The van der Waals surface area contributed by atoms with E-state index in [0.29, 0.717) is 18.0 Å². The van der Waals surface area contributed by atoms with Crippen LogP contribution in [0, 0.1) is 11.8 Å². The Balaban J connectivity index is 1.71. The van der Waals surface area contributed by atoms with Crippen molar-refractivity contribution in [3.05, 3.63) is 21.9 Å². The minimum absolute atomic E-state index is 0.0715. The van der Waals surface area contributed by atoms with E-state index in [4.69, 9.17) is 9.84 Å². The van der Waals surface area contributed by atoms with Gasteiger partial charge in [0.2, 0.25) is 0 Å². The summed E-state index contributed by atoms with van der Waals surface area (Å²) in [5.74, 6) is 5.49. The first-order valence-corrected chi connectivity index (χ1v) is 7.22. The molecule has 2 saturated heterocycles. The lowest BCUT2D eigenvalue weighted by molar-refractivity contribution is -0.0302. The first kappa shape index (κ1) is 12.7. The summed E-state index contributed by atoms with van der Waals surface area (Å²) in [5, 5.41) is 8.65. The summed E-state index contributed by atoms with van der Waals surface area (Å²) in [6.07, 6.45) is 2.56. The number of aliphatic hydroxyl groups is 1. The van der Waals surface area contributed by atoms with E-state index in [-0.39, 0.29) is 24.7 Å². The number of rotatable bonds is 1. The van der Waals surface area contributed by atoms with Gasteiger partial charge in [0, 0.05) is 13.1 Å². The predicted octanol–water partition coefficient (Wildman–Crippen LogP) is 1.10. The van der Waals surface area contributed by atoms with Gasteiger partial charge in [-0.15, -0.1) is 11.3 Å². The van der Waals surface area contributed by atoms with Crippen molar-refractivity contribution in [2.24, 2.45) is 0 Å². The lowest BCUT2D eigenvalue weighted by atomic mass is 10.2. The first-order valence-electron chi connectivity index (χ1n) is 6.40. The van der Waals surface area contributed by atoms with Gasteiger partial charge in [0.25, 0.3) is 5.91 Å². The zero-order valence-corrected chi connectivity index (χ0v) is 11.3. The van der Waals surface area contributed by atoms with Crippen molar-refractivity contribution < 1.29 is 14.6 Å². The van der Waals surface area contributed by atoms with Crippen molar-refractivity contribution in [1.29, 1.82) is 0 Å². The largest absolute Gasteiger partial charge is 0.384 e. The van der Waals surface area contributed by atoms with Crippen LogP contribution in [0.5, 0.6) is 0 Å². The summed E-state index contributed by atoms with van der Waals surface area (Å²) in [4.78, 5) is 15.8. The third kappa shape index (κ3) is 2.66. The molecule has 19 heavy (non-hydrogen) atoms. The Morgan fingerprint density at radius 1 is 1.42 bits per heavy atom. The number of morpholine rings is 1. The highest BCUT2D eigenvalue weighted by Gasteiger charge is 2.36. The molecular formula is C14H15NO3S. The third-order valence-electron chi connectivity index (χ3n) is 3.44. The van der Waals surface area contributed by atoms with Crippen molar-refractivity contribution in [2.75, 3.05) is 19.7 Å². The number of thiophene rings is 1. The van der Waals surface area contributed by atoms with Gasteiger partial charge >= 0.3 is 0 Å². The van der Waals surface area contributed by atoms with Gasteiger partial charge in [0.15, 0.2) is 0 Å². The van der Waals surface area contributed by atoms with Crippen LogP contribution in [0.1, 0.15) is 27.4 Å². The number of ether oxygens (including phenoxy) is 1. The molecule has 0 radical (unpaired) electrons. The van der Waals surface area contributed by atoms with Crippen LogP contribution in [0.25, 0.3) is 0 Å². The smallest absolute Gasteiger partial charge is 0.264 e. The molecule has 100 valence electrons. The Morgan fingerprint density at radius 3 is 2.84 bits per heavy atom. The standard InChI is InChI=1S/C14H15NO3S/c16-7-1-2-12-5-6-13(19-12)14(17)15-8-10-3-4-11(9-15)18-10/h5-6,10-11,16H,3-4,7-9H2. The molecule has 2 unspecified atom stereocenters. The lowest BCUT2D eigenvalue weighted by Crippen LogP contribution is -2.45. The Kier molecular flexibility index (Phi) is 3.56. The highest BCUT2D eigenvalue weighted by molar-refractivity contribution is 7.14. The molecule has 2 aliphatic rings. The van der Waals surface area contributed by atoms with Crippen LogP contribution in [0.15, 0.2) is 12.1 Å². The van der Waals surface area contributed by atoms with Crippen LogP contribution < -0.4 is 0 Å². The quantitative estimate of drug-likeness (QED) is 0.782. The second-order valence-electron chi connectivity index (χ2n) is 4.79. The zero-order valence-electron chi connectivity index (χ0n) is 10.5. The molecule has 4 nitrogen and oxygen atoms in total. The van der Waals surface area contributed by atoms with Gasteiger partial charge in [0.05, 0.1) is 22.0 Å². The molecule has 1 amide bonds. The molecule has 0 saturated carbocycles. The third-order valence-corrected chi connectivity index (χ3v) is 4.43. The Bertz CT molecular complexity index is 530. The Hall–Kier alpha value is -1.35. The summed E-state index contributed by atoms with van der Waals surface area (Å²) < 4.78 is 5.73. The average molecular weight is 277 g/mol. The van der Waals surface area contributed by atoms with Crippen molar-refractivity contribution in [1.82, 2.24) is 4.90 Å². The van der Waals surface area contributed by atoms with E-state index in [2.05, 4.69) is 11.8 Å². The minimum Gasteiger partial charge on any atom is -0.384 e. The van der Waals surface area contributed by atoms with Gasteiger partial charge in [-0.2, -0.15) is 0 Å². The second-order valence-corrected chi connectivity index (χ2v) is 5.88. The van der Waals surface area contributed by atoms with Gasteiger partial charge in [-0.1, -0.05) is 11.8 Å². The monoisotopic (exact) mass is 277 g/mol. The molecule has 1 aromatic heterocycles. The molecule has 2 aliphatic heterocycles. The normalized spacial score (nSPS) is 25.0. The minimum atomic E-state index is -0.159.